The number of ketones is 2. The third-order valence-electron chi connectivity index (χ3n) is 2.70. The molecule has 1 aromatic carbocycles. The van der Waals surface area contributed by atoms with E-state index < -0.39 is 0 Å². The number of carbonyl (C=O) groups excluding carboxylic acids is 2. The maximum atomic E-state index is 11.9. The molecule has 0 unspecified atom stereocenters. The van der Waals surface area contributed by atoms with Crippen LogP contribution in [-0.2, 0) is 0 Å². The Morgan fingerprint density at radius 3 is 2.32 bits per heavy atom. The Bertz CT molecular complexity index is 596. The molecule has 0 radical (unpaired) electrons. The predicted octanol–water partition coefficient (Wildman–Crippen LogP) is 3.58. The smallest absolute Gasteiger partial charge is 0.183 e. The second-order valence-electron chi connectivity index (χ2n) is 4.05. The third-order valence-corrected chi connectivity index (χ3v) is 3.00. The number of nitrogens with zero attached hydrogens (tertiary/aromatic N) is 1. The summed E-state index contributed by atoms with van der Waals surface area (Å²) in [5.74, 6) is -0.268. The van der Waals surface area contributed by atoms with Crippen molar-refractivity contribution in [1.29, 1.82) is 0 Å². The lowest BCUT2D eigenvalue weighted by Gasteiger charge is -2.02. The van der Waals surface area contributed by atoms with E-state index in [4.69, 9.17) is 11.6 Å². The molecule has 0 aliphatic heterocycles. The number of pyridine rings is 1. The van der Waals surface area contributed by atoms with Crippen molar-refractivity contribution >= 4 is 23.2 Å². The number of Topliss-reactive ketones (excluding diaryl/α,β-unsaturated/α-hetero) is 2. The van der Waals surface area contributed by atoms with E-state index in [2.05, 4.69) is 4.98 Å². The molecule has 96 valence electrons. The van der Waals surface area contributed by atoms with Crippen LogP contribution in [0.2, 0.25) is 5.02 Å². The zero-order valence-electron chi connectivity index (χ0n) is 10.2. The van der Waals surface area contributed by atoms with Crippen molar-refractivity contribution < 1.29 is 9.59 Å². The van der Waals surface area contributed by atoms with Crippen molar-refractivity contribution in [1.82, 2.24) is 4.98 Å². The monoisotopic (exact) mass is 273 g/mol. The van der Waals surface area contributed by atoms with Crippen LogP contribution >= 0.6 is 11.6 Å². The predicted molar refractivity (Wildman–Crippen MR) is 73.6 cm³/mol. The molecule has 1 heterocycles. The lowest BCUT2D eigenvalue weighted by atomic mass is 10.0. The zero-order valence-corrected chi connectivity index (χ0v) is 10.9. The van der Waals surface area contributed by atoms with Crippen LogP contribution in [0.1, 0.15) is 33.7 Å². The van der Waals surface area contributed by atoms with E-state index in [1.54, 1.807) is 36.4 Å². The molecule has 1 aromatic heterocycles. The van der Waals surface area contributed by atoms with E-state index in [0.717, 1.165) is 0 Å². The first-order chi connectivity index (χ1) is 9.18. The topological polar surface area (TPSA) is 47.0 Å². The van der Waals surface area contributed by atoms with Crippen molar-refractivity contribution in [3.05, 3.63) is 64.9 Å². The molecular formula is C15H12ClNO2. The van der Waals surface area contributed by atoms with Crippen LogP contribution in [-0.4, -0.2) is 16.6 Å². The van der Waals surface area contributed by atoms with E-state index in [9.17, 15) is 9.59 Å². The summed E-state index contributed by atoms with van der Waals surface area (Å²) >= 11 is 5.88. The highest BCUT2D eigenvalue weighted by molar-refractivity contribution is 6.33. The van der Waals surface area contributed by atoms with E-state index in [1.807, 2.05) is 6.07 Å². The van der Waals surface area contributed by atoms with Crippen molar-refractivity contribution in [3.63, 3.8) is 0 Å². The molecule has 0 fully saturated rings. The summed E-state index contributed by atoms with van der Waals surface area (Å²) in [4.78, 5) is 27.7. The SMILES string of the molecule is O=C(CCC(=O)c1ncccc1Cl)c1ccccc1. The van der Waals surface area contributed by atoms with Crippen molar-refractivity contribution in [3.8, 4) is 0 Å². The van der Waals surface area contributed by atoms with Crippen molar-refractivity contribution in [2.75, 3.05) is 0 Å². The van der Waals surface area contributed by atoms with Gasteiger partial charge in [-0.2, -0.15) is 0 Å². The molecule has 0 spiro atoms. The summed E-state index contributed by atoms with van der Waals surface area (Å²) in [5, 5.41) is 0.319. The fraction of sp³-hybridized carbons (Fsp3) is 0.133. The fourth-order valence-corrected chi connectivity index (χ4v) is 1.93. The Balaban J connectivity index is 1.98. The van der Waals surface area contributed by atoms with Gasteiger partial charge in [-0.15, -0.1) is 0 Å². The average molecular weight is 274 g/mol. The maximum absolute atomic E-state index is 11.9. The minimum Gasteiger partial charge on any atom is -0.294 e. The van der Waals surface area contributed by atoms with Gasteiger partial charge >= 0.3 is 0 Å². The maximum Gasteiger partial charge on any atom is 0.183 e. The minimum absolute atomic E-state index is 0.0546. The summed E-state index contributed by atoms with van der Waals surface area (Å²) in [6.07, 6.45) is 1.79. The van der Waals surface area contributed by atoms with E-state index in [0.29, 0.717) is 10.6 Å². The number of aromatic nitrogens is 1. The lowest BCUT2D eigenvalue weighted by Crippen LogP contribution is -2.07. The van der Waals surface area contributed by atoms with E-state index >= 15 is 0 Å². The molecule has 19 heavy (non-hydrogen) atoms. The van der Waals surface area contributed by atoms with Gasteiger partial charge in [0.05, 0.1) is 5.02 Å². The number of hydrogen-bond acceptors (Lipinski definition) is 3. The highest BCUT2D eigenvalue weighted by Crippen LogP contribution is 2.15. The van der Waals surface area contributed by atoms with Crippen LogP contribution < -0.4 is 0 Å². The van der Waals surface area contributed by atoms with Gasteiger partial charge in [0.2, 0.25) is 0 Å². The Hall–Kier alpha value is -2.00. The zero-order chi connectivity index (χ0) is 13.7. The molecule has 0 aliphatic carbocycles. The number of benzene rings is 1. The highest BCUT2D eigenvalue weighted by atomic mass is 35.5. The van der Waals surface area contributed by atoms with Crippen LogP contribution in [0.4, 0.5) is 0 Å². The van der Waals surface area contributed by atoms with Gasteiger partial charge in [-0.25, -0.2) is 0 Å². The molecule has 0 aliphatic rings. The van der Waals surface area contributed by atoms with E-state index in [-0.39, 0.29) is 30.1 Å². The molecule has 0 amide bonds. The summed E-state index contributed by atoms with van der Waals surface area (Å²) in [6, 6.07) is 12.2. The Labute approximate surface area is 116 Å². The molecule has 0 atom stereocenters. The summed E-state index contributed by atoms with van der Waals surface area (Å²) in [6.45, 7) is 0. The Morgan fingerprint density at radius 2 is 1.63 bits per heavy atom. The van der Waals surface area contributed by atoms with Crippen LogP contribution in [0.3, 0.4) is 0 Å². The third kappa shape index (κ3) is 3.48. The van der Waals surface area contributed by atoms with Gasteiger partial charge in [0.25, 0.3) is 0 Å². The second kappa shape index (κ2) is 6.25. The van der Waals surface area contributed by atoms with Gasteiger partial charge in [-0.05, 0) is 12.1 Å². The second-order valence-corrected chi connectivity index (χ2v) is 4.45. The molecule has 2 rings (SSSR count). The molecule has 3 nitrogen and oxygen atoms in total. The van der Waals surface area contributed by atoms with Gasteiger partial charge in [0.1, 0.15) is 5.69 Å². The van der Waals surface area contributed by atoms with Crippen LogP contribution in [0, 0.1) is 0 Å². The highest BCUT2D eigenvalue weighted by Gasteiger charge is 2.14. The molecule has 2 aromatic rings. The van der Waals surface area contributed by atoms with Gasteiger partial charge in [-0.3, -0.25) is 14.6 Å². The lowest BCUT2D eigenvalue weighted by molar-refractivity contribution is 0.0915. The van der Waals surface area contributed by atoms with Gasteiger partial charge in [0, 0.05) is 24.6 Å². The molecule has 0 bridgehead atoms. The van der Waals surface area contributed by atoms with Crippen LogP contribution in [0.15, 0.2) is 48.7 Å². The standard InChI is InChI=1S/C15H12ClNO2/c16-12-7-4-10-17-15(12)14(19)9-8-13(18)11-5-2-1-3-6-11/h1-7,10H,8-9H2. The number of carbonyl (C=O) groups is 2. The summed E-state index contributed by atoms with van der Waals surface area (Å²) < 4.78 is 0. The van der Waals surface area contributed by atoms with Crippen molar-refractivity contribution in [2.45, 2.75) is 12.8 Å². The number of rotatable bonds is 5. The fourth-order valence-electron chi connectivity index (χ4n) is 1.70. The molecular weight excluding hydrogens is 262 g/mol. The van der Waals surface area contributed by atoms with Crippen molar-refractivity contribution in [2.24, 2.45) is 0 Å². The number of hydrogen-bond donors (Lipinski definition) is 0. The first kappa shape index (κ1) is 13.4. The number of halogens is 1. The van der Waals surface area contributed by atoms with Gasteiger partial charge in [-0.1, -0.05) is 41.9 Å². The van der Waals surface area contributed by atoms with Gasteiger partial charge in [0.15, 0.2) is 11.6 Å². The van der Waals surface area contributed by atoms with Crippen LogP contribution in [0.25, 0.3) is 0 Å². The average Bonchev–Trinajstić information content (AvgIpc) is 2.46. The Kier molecular flexibility index (Phi) is 4.42. The summed E-state index contributed by atoms with van der Waals surface area (Å²) in [7, 11) is 0. The van der Waals surface area contributed by atoms with E-state index in [1.165, 1.54) is 6.20 Å². The summed E-state index contributed by atoms with van der Waals surface area (Å²) in [5.41, 5.74) is 0.840. The largest absolute Gasteiger partial charge is 0.294 e. The van der Waals surface area contributed by atoms with Gasteiger partial charge < -0.3 is 0 Å². The first-order valence-electron chi connectivity index (χ1n) is 5.90. The first-order valence-corrected chi connectivity index (χ1v) is 6.28. The normalized spacial score (nSPS) is 10.2. The van der Waals surface area contributed by atoms with Crippen LogP contribution in [0.5, 0.6) is 0 Å². The molecule has 0 N–H and O–H groups in total. The minimum atomic E-state index is -0.213. The molecule has 0 saturated heterocycles. The molecule has 0 saturated carbocycles. The molecule has 4 heteroatoms. The quantitative estimate of drug-likeness (QED) is 0.782. The Morgan fingerprint density at radius 1 is 0.947 bits per heavy atom.